The number of aliphatic hydroxyl groups is 1. The summed E-state index contributed by atoms with van der Waals surface area (Å²) in [5.41, 5.74) is 1.13. The molecule has 0 aliphatic rings. The molecule has 1 rings (SSSR count). The first-order valence-electron chi connectivity index (χ1n) is 4.24. The quantitative estimate of drug-likeness (QED) is 0.724. The van der Waals surface area contributed by atoms with Gasteiger partial charge in [-0.15, -0.1) is 0 Å². The van der Waals surface area contributed by atoms with Gasteiger partial charge in [-0.1, -0.05) is 49.4 Å². The minimum absolute atomic E-state index is 0.315. The molecule has 1 aromatic rings. The second-order valence-electron chi connectivity index (χ2n) is 2.75. The van der Waals surface area contributed by atoms with Crippen molar-refractivity contribution in [1.82, 2.24) is 0 Å². The van der Waals surface area contributed by atoms with Crippen molar-refractivity contribution < 1.29 is 5.11 Å². The fourth-order valence-corrected chi connectivity index (χ4v) is 0.922. The Labute approximate surface area is 73.4 Å². The molecule has 0 saturated heterocycles. The zero-order valence-electron chi connectivity index (χ0n) is 7.27. The topological polar surface area (TPSA) is 20.2 Å². The average molecular weight is 162 g/mol. The minimum Gasteiger partial charge on any atom is -0.389 e. The molecule has 1 atom stereocenters. The third-order valence-electron chi connectivity index (χ3n) is 1.73. The summed E-state index contributed by atoms with van der Waals surface area (Å²) >= 11 is 0. The van der Waals surface area contributed by atoms with Crippen molar-refractivity contribution in [2.45, 2.75) is 19.4 Å². The van der Waals surface area contributed by atoms with Crippen molar-refractivity contribution in [3.63, 3.8) is 0 Å². The van der Waals surface area contributed by atoms with E-state index >= 15 is 0 Å². The number of rotatable bonds is 3. The zero-order valence-corrected chi connectivity index (χ0v) is 7.27. The molecule has 0 saturated carbocycles. The maximum atomic E-state index is 9.23. The van der Waals surface area contributed by atoms with Crippen LogP contribution in [0.4, 0.5) is 0 Å². The Morgan fingerprint density at radius 2 is 2.00 bits per heavy atom. The molecule has 12 heavy (non-hydrogen) atoms. The molecule has 0 aliphatic carbocycles. The molecule has 1 aromatic carbocycles. The van der Waals surface area contributed by atoms with Crippen LogP contribution in [0.3, 0.4) is 0 Å². The number of aliphatic hydroxyl groups excluding tert-OH is 1. The molecule has 0 radical (unpaired) electrons. The van der Waals surface area contributed by atoms with E-state index in [0.717, 1.165) is 12.0 Å². The normalized spacial score (nSPS) is 13.5. The molecule has 0 aliphatic heterocycles. The van der Waals surface area contributed by atoms with E-state index in [1.807, 2.05) is 49.4 Å². The summed E-state index contributed by atoms with van der Waals surface area (Å²) in [5.74, 6) is 0. The molecular weight excluding hydrogens is 148 g/mol. The van der Waals surface area contributed by atoms with E-state index in [1.165, 1.54) is 0 Å². The van der Waals surface area contributed by atoms with E-state index in [9.17, 15) is 5.11 Å². The summed E-state index contributed by atoms with van der Waals surface area (Å²) in [7, 11) is 0. The summed E-state index contributed by atoms with van der Waals surface area (Å²) in [6.45, 7) is 1.96. The van der Waals surface area contributed by atoms with Crippen LogP contribution in [0.2, 0.25) is 0 Å². The molecule has 1 nitrogen and oxygen atoms in total. The van der Waals surface area contributed by atoms with Gasteiger partial charge in [0.15, 0.2) is 0 Å². The Bertz CT molecular complexity index is 238. The van der Waals surface area contributed by atoms with Gasteiger partial charge in [-0.2, -0.15) is 0 Å². The molecule has 0 spiro atoms. The van der Waals surface area contributed by atoms with E-state index in [2.05, 4.69) is 0 Å². The predicted molar refractivity (Wildman–Crippen MR) is 51.8 cm³/mol. The average Bonchev–Trinajstić information content (AvgIpc) is 2.16. The van der Waals surface area contributed by atoms with Crippen LogP contribution in [0.1, 0.15) is 18.9 Å². The van der Waals surface area contributed by atoms with Crippen molar-refractivity contribution in [3.05, 3.63) is 42.0 Å². The summed E-state index contributed by atoms with van der Waals surface area (Å²) in [4.78, 5) is 0. The standard InChI is InChI=1S/C11H14O/c1-2-11(12)9-8-10-6-4-3-5-7-10/h3-9,11-12H,2H2,1H3/t11-/m0/s1. The van der Waals surface area contributed by atoms with Crippen LogP contribution in [-0.4, -0.2) is 11.2 Å². The molecule has 1 heteroatoms. The van der Waals surface area contributed by atoms with Gasteiger partial charge in [-0.05, 0) is 12.0 Å². The van der Waals surface area contributed by atoms with Gasteiger partial charge in [0, 0.05) is 0 Å². The van der Waals surface area contributed by atoms with Gasteiger partial charge < -0.3 is 5.11 Å². The van der Waals surface area contributed by atoms with Crippen LogP contribution in [0.25, 0.3) is 6.08 Å². The smallest absolute Gasteiger partial charge is 0.0721 e. The summed E-state index contributed by atoms with van der Waals surface area (Å²) < 4.78 is 0. The lowest BCUT2D eigenvalue weighted by molar-refractivity contribution is 0.220. The lowest BCUT2D eigenvalue weighted by atomic mass is 10.2. The van der Waals surface area contributed by atoms with Crippen molar-refractivity contribution in [3.8, 4) is 0 Å². The van der Waals surface area contributed by atoms with Gasteiger partial charge in [0.2, 0.25) is 0 Å². The van der Waals surface area contributed by atoms with Crippen LogP contribution >= 0.6 is 0 Å². The maximum absolute atomic E-state index is 9.23. The van der Waals surface area contributed by atoms with Crippen LogP contribution in [0, 0.1) is 0 Å². The number of hydrogen-bond acceptors (Lipinski definition) is 1. The summed E-state index contributed by atoms with van der Waals surface area (Å²) in [5, 5.41) is 9.23. The van der Waals surface area contributed by atoms with Gasteiger partial charge in [0.05, 0.1) is 6.10 Å². The van der Waals surface area contributed by atoms with E-state index in [-0.39, 0.29) is 6.10 Å². The fourth-order valence-electron chi connectivity index (χ4n) is 0.922. The minimum atomic E-state index is -0.315. The molecule has 0 heterocycles. The van der Waals surface area contributed by atoms with Crippen molar-refractivity contribution >= 4 is 6.08 Å². The first-order valence-corrected chi connectivity index (χ1v) is 4.24. The molecule has 1 N–H and O–H groups in total. The molecule has 64 valence electrons. The van der Waals surface area contributed by atoms with Crippen LogP contribution in [0.15, 0.2) is 36.4 Å². The Balaban J connectivity index is 2.58. The van der Waals surface area contributed by atoms with Crippen molar-refractivity contribution in [2.75, 3.05) is 0 Å². The Hall–Kier alpha value is -1.08. The van der Waals surface area contributed by atoms with E-state index in [4.69, 9.17) is 0 Å². The highest BCUT2D eigenvalue weighted by Crippen LogP contribution is 2.02. The van der Waals surface area contributed by atoms with Gasteiger partial charge in [0.25, 0.3) is 0 Å². The maximum Gasteiger partial charge on any atom is 0.0721 e. The fraction of sp³-hybridized carbons (Fsp3) is 0.273. The zero-order chi connectivity index (χ0) is 8.81. The number of benzene rings is 1. The highest BCUT2D eigenvalue weighted by Gasteiger charge is 1.91. The molecule has 0 bridgehead atoms. The van der Waals surface area contributed by atoms with Gasteiger partial charge >= 0.3 is 0 Å². The second kappa shape index (κ2) is 4.73. The third kappa shape index (κ3) is 2.89. The molecular formula is C11H14O. The van der Waals surface area contributed by atoms with Gasteiger partial charge in [-0.25, -0.2) is 0 Å². The van der Waals surface area contributed by atoms with E-state index in [0.29, 0.717) is 0 Å². The van der Waals surface area contributed by atoms with Crippen LogP contribution in [0.5, 0.6) is 0 Å². The predicted octanol–water partition coefficient (Wildman–Crippen LogP) is 2.47. The summed E-state index contributed by atoms with van der Waals surface area (Å²) in [6.07, 6.45) is 4.21. The first kappa shape index (κ1) is 9.01. The molecule has 0 unspecified atom stereocenters. The van der Waals surface area contributed by atoms with E-state index < -0.39 is 0 Å². The van der Waals surface area contributed by atoms with E-state index in [1.54, 1.807) is 0 Å². The SMILES string of the molecule is CC[C@H](O)C=Cc1ccccc1. The monoisotopic (exact) mass is 162 g/mol. The Kier molecular flexibility index (Phi) is 3.55. The van der Waals surface area contributed by atoms with Crippen molar-refractivity contribution in [1.29, 1.82) is 0 Å². The largest absolute Gasteiger partial charge is 0.389 e. The Morgan fingerprint density at radius 1 is 1.33 bits per heavy atom. The van der Waals surface area contributed by atoms with Crippen LogP contribution in [-0.2, 0) is 0 Å². The third-order valence-corrected chi connectivity index (χ3v) is 1.73. The lowest BCUT2D eigenvalue weighted by Gasteiger charge is -1.98. The Morgan fingerprint density at radius 3 is 2.58 bits per heavy atom. The molecule has 0 fully saturated rings. The molecule has 0 amide bonds. The molecule has 0 aromatic heterocycles. The second-order valence-corrected chi connectivity index (χ2v) is 2.75. The first-order chi connectivity index (χ1) is 5.83. The van der Waals surface area contributed by atoms with Crippen molar-refractivity contribution in [2.24, 2.45) is 0 Å². The van der Waals surface area contributed by atoms with Crippen LogP contribution < -0.4 is 0 Å². The summed E-state index contributed by atoms with van der Waals surface area (Å²) in [6, 6.07) is 9.97. The van der Waals surface area contributed by atoms with Gasteiger partial charge in [-0.3, -0.25) is 0 Å². The lowest BCUT2D eigenvalue weighted by Crippen LogP contribution is -1.97. The highest BCUT2D eigenvalue weighted by atomic mass is 16.3. The number of hydrogen-bond donors (Lipinski definition) is 1. The highest BCUT2D eigenvalue weighted by molar-refractivity contribution is 5.49. The van der Waals surface area contributed by atoms with Gasteiger partial charge in [0.1, 0.15) is 0 Å².